The second-order valence-electron chi connectivity index (χ2n) is 4.75. The van der Waals surface area contributed by atoms with Gasteiger partial charge in [-0.05, 0) is 35.8 Å². The molecule has 6 nitrogen and oxygen atoms in total. The first-order chi connectivity index (χ1) is 9.81. The Labute approximate surface area is 136 Å². The first kappa shape index (κ1) is 16.9. The lowest BCUT2D eigenvalue weighted by Gasteiger charge is -2.29. The molecule has 118 valence electrons. The molecule has 9 heteroatoms. The van der Waals surface area contributed by atoms with Crippen LogP contribution in [0.4, 0.5) is 0 Å². The van der Waals surface area contributed by atoms with Gasteiger partial charge in [-0.2, -0.15) is 4.72 Å². The largest absolute Gasteiger partial charge is 0.378 e. The Hall–Kier alpha value is -0.480. The zero-order valence-electron chi connectivity index (χ0n) is 11.8. The maximum atomic E-state index is 12.3. The van der Waals surface area contributed by atoms with Crippen LogP contribution in [0.1, 0.15) is 11.8 Å². The smallest absolute Gasteiger partial charge is 0.242 e. The van der Waals surface area contributed by atoms with Crippen molar-refractivity contribution in [1.82, 2.24) is 9.62 Å². The van der Waals surface area contributed by atoms with Crippen LogP contribution in [0.15, 0.2) is 14.7 Å². The van der Waals surface area contributed by atoms with Gasteiger partial charge in [-0.25, -0.2) is 8.42 Å². The molecule has 21 heavy (non-hydrogen) atoms. The predicted octanol–water partition coefficient (Wildman–Crippen LogP) is 1.34. The van der Waals surface area contributed by atoms with Crippen molar-refractivity contribution in [2.24, 2.45) is 0 Å². The topological polar surface area (TPSA) is 75.7 Å². The summed E-state index contributed by atoms with van der Waals surface area (Å²) in [5.74, 6) is -0.228. The van der Waals surface area contributed by atoms with Gasteiger partial charge >= 0.3 is 0 Å². The Balaban J connectivity index is 2.09. The van der Waals surface area contributed by atoms with Crippen molar-refractivity contribution in [3.63, 3.8) is 0 Å². The van der Waals surface area contributed by atoms with Crippen molar-refractivity contribution in [2.45, 2.75) is 24.8 Å². The summed E-state index contributed by atoms with van der Waals surface area (Å²) in [4.78, 5) is 14.7. The van der Waals surface area contributed by atoms with E-state index in [-0.39, 0.29) is 10.8 Å². The van der Waals surface area contributed by atoms with Gasteiger partial charge in [-0.1, -0.05) is 0 Å². The lowest BCUT2D eigenvalue weighted by atomic mass is 10.3. The summed E-state index contributed by atoms with van der Waals surface area (Å²) in [5.41, 5.74) is 0. The Morgan fingerprint density at radius 1 is 1.48 bits per heavy atom. The predicted molar refractivity (Wildman–Crippen MR) is 83.9 cm³/mol. The van der Waals surface area contributed by atoms with Crippen molar-refractivity contribution in [2.75, 3.05) is 26.3 Å². The second-order valence-corrected chi connectivity index (χ2v) is 9.07. The van der Waals surface area contributed by atoms with Crippen LogP contribution in [-0.4, -0.2) is 51.6 Å². The number of nitrogens with one attached hydrogen (secondary N) is 1. The molecule has 1 amide bonds. The molecule has 1 aromatic rings. The van der Waals surface area contributed by atoms with Crippen molar-refractivity contribution < 1.29 is 17.9 Å². The summed E-state index contributed by atoms with van der Waals surface area (Å²) < 4.78 is 33.1. The van der Waals surface area contributed by atoms with Gasteiger partial charge in [0.05, 0.1) is 27.9 Å². The molecule has 0 saturated carbocycles. The van der Waals surface area contributed by atoms with Gasteiger partial charge in [-0.15, -0.1) is 11.3 Å². The van der Waals surface area contributed by atoms with Crippen LogP contribution in [0, 0.1) is 6.92 Å². The van der Waals surface area contributed by atoms with Crippen LogP contribution in [0.3, 0.4) is 0 Å². The molecule has 2 heterocycles. The van der Waals surface area contributed by atoms with Crippen molar-refractivity contribution in [1.29, 1.82) is 0 Å². The van der Waals surface area contributed by atoms with E-state index in [0.29, 0.717) is 31.2 Å². The van der Waals surface area contributed by atoms with Crippen molar-refractivity contribution >= 4 is 43.2 Å². The number of carbonyl (C=O) groups is 1. The van der Waals surface area contributed by atoms with Crippen LogP contribution >= 0.6 is 27.3 Å². The quantitative estimate of drug-likeness (QED) is 0.832. The van der Waals surface area contributed by atoms with E-state index in [1.807, 2.05) is 0 Å². The van der Waals surface area contributed by atoms with Crippen LogP contribution in [0.25, 0.3) is 0 Å². The summed E-state index contributed by atoms with van der Waals surface area (Å²) in [6, 6.07) is 0.750. The summed E-state index contributed by atoms with van der Waals surface area (Å²) in [6.07, 6.45) is 0. The zero-order chi connectivity index (χ0) is 15.6. The number of carbonyl (C=O) groups excluding carboxylic acids is 1. The minimum absolute atomic E-state index is 0.209. The molecule has 1 saturated heterocycles. The van der Waals surface area contributed by atoms with Crippen LogP contribution in [0.2, 0.25) is 0 Å². The number of aryl methyl sites for hydroxylation is 1. The summed E-state index contributed by atoms with van der Waals surface area (Å²) >= 11 is 4.62. The first-order valence-corrected chi connectivity index (χ1v) is 9.55. The number of halogens is 1. The normalized spacial score (nSPS) is 17.8. The van der Waals surface area contributed by atoms with Gasteiger partial charge in [0.15, 0.2) is 0 Å². The van der Waals surface area contributed by atoms with E-state index in [9.17, 15) is 13.2 Å². The Bertz CT molecular complexity index is 623. The van der Waals surface area contributed by atoms with E-state index in [4.69, 9.17) is 4.74 Å². The second kappa shape index (κ2) is 6.74. The summed E-state index contributed by atoms with van der Waals surface area (Å²) in [6.45, 7) is 5.26. The van der Waals surface area contributed by atoms with Gasteiger partial charge in [0.2, 0.25) is 15.9 Å². The average molecular weight is 397 g/mol. The minimum Gasteiger partial charge on any atom is -0.378 e. The maximum Gasteiger partial charge on any atom is 0.242 e. The minimum atomic E-state index is -3.70. The average Bonchev–Trinajstić information content (AvgIpc) is 2.78. The third kappa shape index (κ3) is 4.04. The third-order valence-electron chi connectivity index (χ3n) is 3.16. The molecule has 0 spiro atoms. The highest BCUT2D eigenvalue weighted by atomic mass is 79.9. The van der Waals surface area contributed by atoms with Crippen molar-refractivity contribution in [3.05, 3.63) is 14.7 Å². The number of morpholine rings is 1. The number of hydrogen-bond acceptors (Lipinski definition) is 5. The fourth-order valence-corrected chi connectivity index (χ4v) is 5.71. The van der Waals surface area contributed by atoms with Crippen molar-refractivity contribution in [3.8, 4) is 0 Å². The third-order valence-corrected chi connectivity index (χ3v) is 6.51. The summed E-state index contributed by atoms with van der Waals surface area (Å²) in [7, 11) is -3.70. The van der Waals surface area contributed by atoms with Gasteiger partial charge in [0.1, 0.15) is 0 Å². The highest BCUT2D eigenvalue weighted by molar-refractivity contribution is 9.11. The Morgan fingerprint density at radius 3 is 2.62 bits per heavy atom. The molecule has 1 unspecified atom stereocenters. The van der Waals surface area contributed by atoms with Crippen LogP contribution in [0.5, 0.6) is 0 Å². The number of amides is 1. The molecular weight excluding hydrogens is 380 g/mol. The highest BCUT2D eigenvalue weighted by Gasteiger charge is 2.28. The maximum absolute atomic E-state index is 12.3. The monoisotopic (exact) mass is 396 g/mol. The SMILES string of the molecule is Cc1sc(Br)cc1S(=O)(=O)NC(C)C(=O)N1CCOCC1. The number of ether oxygens (including phenoxy) is 1. The molecule has 1 aliphatic heterocycles. The molecule has 0 radical (unpaired) electrons. The van der Waals surface area contributed by atoms with E-state index < -0.39 is 16.1 Å². The fraction of sp³-hybridized carbons (Fsp3) is 0.583. The van der Waals surface area contributed by atoms with E-state index in [1.165, 1.54) is 11.3 Å². The number of rotatable bonds is 4. The molecule has 2 rings (SSSR count). The highest BCUT2D eigenvalue weighted by Crippen LogP contribution is 2.29. The Morgan fingerprint density at radius 2 is 2.10 bits per heavy atom. The van der Waals surface area contributed by atoms with Crippen LogP contribution < -0.4 is 4.72 Å². The standard InChI is InChI=1S/C12H17BrN2O4S2/c1-8(12(16)15-3-5-19-6-4-15)14-21(17,18)10-7-11(13)20-9(10)2/h7-8,14H,3-6H2,1-2H3. The molecule has 1 atom stereocenters. The van der Waals surface area contributed by atoms with Gasteiger partial charge in [0, 0.05) is 18.0 Å². The number of hydrogen-bond donors (Lipinski definition) is 1. The molecule has 1 aliphatic rings. The molecule has 0 bridgehead atoms. The molecule has 1 aromatic heterocycles. The molecule has 0 aromatic carbocycles. The van der Waals surface area contributed by atoms with Gasteiger partial charge in [0.25, 0.3) is 0 Å². The van der Waals surface area contributed by atoms with Crippen LogP contribution in [-0.2, 0) is 19.6 Å². The fourth-order valence-electron chi connectivity index (χ4n) is 2.10. The van der Waals surface area contributed by atoms with E-state index in [0.717, 1.165) is 3.79 Å². The zero-order valence-corrected chi connectivity index (χ0v) is 15.0. The number of nitrogens with zero attached hydrogens (tertiary/aromatic N) is 1. The van der Waals surface area contributed by atoms with E-state index in [2.05, 4.69) is 20.7 Å². The summed E-state index contributed by atoms with van der Waals surface area (Å²) in [5, 5.41) is 0. The lowest BCUT2D eigenvalue weighted by molar-refractivity contribution is -0.136. The van der Waals surface area contributed by atoms with E-state index >= 15 is 0 Å². The van der Waals surface area contributed by atoms with Gasteiger partial charge in [-0.3, -0.25) is 4.79 Å². The van der Waals surface area contributed by atoms with Gasteiger partial charge < -0.3 is 9.64 Å². The Kier molecular flexibility index (Phi) is 5.42. The molecule has 1 N–H and O–H groups in total. The molecule has 1 fully saturated rings. The molecular formula is C12H17BrN2O4S2. The molecule has 0 aliphatic carbocycles. The lowest BCUT2D eigenvalue weighted by Crippen LogP contribution is -2.50. The first-order valence-electron chi connectivity index (χ1n) is 6.46. The van der Waals surface area contributed by atoms with E-state index in [1.54, 1.807) is 24.8 Å². The number of sulfonamides is 1. The number of thiophene rings is 1.